The van der Waals surface area contributed by atoms with Gasteiger partial charge in [-0.1, -0.05) is 48.5 Å². The molecule has 10 nitrogen and oxygen atoms in total. The van der Waals surface area contributed by atoms with E-state index in [2.05, 4.69) is 20.3 Å². The number of aliphatic hydroxyl groups is 2. The third-order valence-electron chi connectivity index (χ3n) is 7.17. The molecule has 2 aliphatic rings. The maximum atomic E-state index is 13.3. The van der Waals surface area contributed by atoms with Gasteiger partial charge in [0.2, 0.25) is 5.95 Å². The molecular formula is C27H22N6O4. The molecule has 5 N–H and O–H groups in total. The van der Waals surface area contributed by atoms with Crippen LogP contribution in [0.25, 0.3) is 33.1 Å². The summed E-state index contributed by atoms with van der Waals surface area (Å²) in [6.07, 6.45) is -0.612. The monoisotopic (exact) mass is 494 g/mol. The maximum absolute atomic E-state index is 13.3. The lowest BCUT2D eigenvalue weighted by atomic mass is 9.82. The van der Waals surface area contributed by atoms with Gasteiger partial charge in [0.15, 0.2) is 22.8 Å². The summed E-state index contributed by atoms with van der Waals surface area (Å²) in [5.74, 6) is 0.592. The number of aromatic nitrogens is 4. The van der Waals surface area contributed by atoms with E-state index in [4.69, 9.17) is 10.5 Å². The Morgan fingerprint density at radius 3 is 2.65 bits per heavy atom. The third-order valence-corrected chi connectivity index (χ3v) is 7.17. The van der Waals surface area contributed by atoms with Crippen LogP contribution in [0, 0.1) is 0 Å². The second kappa shape index (κ2) is 8.07. The van der Waals surface area contributed by atoms with Crippen molar-refractivity contribution >= 4 is 45.2 Å². The predicted molar refractivity (Wildman–Crippen MR) is 137 cm³/mol. The molecule has 37 heavy (non-hydrogen) atoms. The molecule has 0 unspecified atom stereocenters. The highest BCUT2D eigenvalue weighted by molar-refractivity contribution is 6.27. The summed E-state index contributed by atoms with van der Waals surface area (Å²) >= 11 is 0. The second-order valence-corrected chi connectivity index (χ2v) is 9.24. The quantitative estimate of drug-likeness (QED) is 0.290. The minimum absolute atomic E-state index is 0.00970. The second-order valence-electron chi connectivity index (χ2n) is 9.24. The summed E-state index contributed by atoms with van der Waals surface area (Å²) in [4.78, 5) is 26.4. The molecule has 184 valence electrons. The standard InChI is InChI=1S/C27H22N6O4/c28-25-23-26(30-12-29-25)33(21-10-19(35)20(11-34)37-21)27(32-23)31-18-9-8-14-13-4-1-2-5-15(13)24(36)17-7-3-6-16(18)22(14)17/h1-9,12,19-21,34-35H,10-11H2,(H,31,32)(H2,28,29,30)/t19-,20+,21+/m0/s1. The fraction of sp³-hybridized carbons (Fsp3) is 0.185. The van der Waals surface area contributed by atoms with Gasteiger partial charge in [0.25, 0.3) is 0 Å². The van der Waals surface area contributed by atoms with Crippen LogP contribution in [0.4, 0.5) is 17.5 Å². The Bertz CT molecular complexity index is 1730. The minimum atomic E-state index is -0.842. The van der Waals surface area contributed by atoms with Gasteiger partial charge in [-0.3, -0.25) is 9.36 Å². The van der Waals surface area contributed by atoms with E-state index < -0.39 is 18.4 Å². The van der Waals surface area contributed by atoms with E-state index in [-0.39, 0.29) is 24.6 Å². The number of ketones is 1. The average Bonchev–Trinajstić information content (AvgIpc) is 3.48. The summed E-state index contributed by atoms with van der Waals surface area (Å²) in [6, 6.07) is 17.3. The number of benzene rings is 3. The lowest BCUT2D eigenvalue weighted by molar-refractivity contribution is -0.0425. The molecule has 7 rings (SSSR count). The highest BCUT2D eigenvalue weighted by atomic mass is 16.5. The number of hydrogen-bond acceptors (Lipinski definition) is 9. The molecule has 2 aromatic heterocycles. The van der Waals surface area contributed by atoms with Crippen molar-refractivity contribution in [2.45, 2.75) is 24.9 Å². The number of nitrogen functional groups attached to an aromatic ring is 1. The molecule has 0 saturated carbocycles. The Hall–Kier alpha value is -4.38. The fourth-order valence-corrected chi connectivity index (χ4v) is 5.44. The zero-order valence-electron chi connectivity index (χ0n) is 19.5. The summed E-state index contributed by atoms with van der Waals surface area (Å²) in [7, 11) is 0. The van der Waals surface area contributed by atoms with Crippen LogP contribution >= 0.6 is 0 Å². The Balaban J connectivity index is 1.40. The van der Waals surface area contributed by atoms with Crippen LogP contribution in [0.1, 0.15) is 28.6 Å². The van der Waals surface area contributed by atoms with Crippen LogP contribution in [0.15, 0.2) is 60.9 Å². The number of hydrogen-bond donors (Lipinski definition) is 4. The van der Waals surface area contributed by atoms with Crippen molar-refractivity contribution in [3.05, 3.63) is 72.1 Å². The van der Waals surface area contributed by atoms with Crippen molar-refractivity contribution in [1.82, 2.24) is 19.5 Å². The molecule has 0 radical (unpaired) electrons. The number of anilines is 3. The molecule has 10 heteroatoms. The molecule has 1 saturated heterocycles. The van der Waals surface area contributed by atoms with E-state index in [0.29, 0.717) is 28.2 Å². The van der Waals surface area contributed by atoms with E-state index in [1.165, 1.54) is 6.33 Å². The first-order valence-electron chi connectivity index (χ1n) is 11.9. The van der Waals surface area contributed by atoms with Crippen molar-refractivity contribution < 1.29 is 19.7 Å². The van der Waals surface area contributed by atoms with Crippen molar-refractivity contribution in [2.24, 2.45) is 0 Å². The van der Waals surface area contributed by atoms with Crippen molar-refractivity contribution in [2.75, 3.05) is 17.7 Å². The number of aliphatic hydroxyl groups excluding tert-OH is 2. The first-order valence-corrected chi connectivity index (χ1v) is 11.9. The summed E-state index contributed by atoms with van der Waals surface area (Å²) in [6.45, 7) is -0.311. The summed E-state index contributed by atoms with van der Waals surface area (Å²) in [5.41, 5.74) is 10.9. The number of nitrogens with one attached hydrogen (secondary N) is 1. The van der Waals surface area contributed by atoms with Crippen molar-refractivity contribution in [1.29, 1.82) is 0 Å². The minimum Gasteiger partial charge on any atom is -0.394 e. The van der Waals surface area contributed by atoms with Crippen LogP contribution < -0.4 is 11.1 Å². The van der Waals surface area contributed by atoms with Crippen LogP contribution in [-0.2, 0) is 4.74 Å². The van der Waals surface area contributed by atoms with Crippen LogP contribution in [0.2, 0.25) is 0 Å². The number of imidazole rings is 1. The SMILES string of the molecule is Nc1ncnc2c1nc(Nc1ccc3c4c(cccc14)C(=O)c1ccccc1-3)n2[C@H]1C[C@H](O)[C@@H](CO)O1. The molecule has 0 spiro atoms. The zero-order chi connectivity index (χ0) is 25.3. The Kier molecular flexibility index (Phi) is 4.77. The summed E-state index contributed by atoms with van der Waals surface area (Å²) < 4.78 is 7.66. The van der Waals surface area contributed by atoms with Gasteiger partial charge in [0.05, 0.1) is 12.7 Å². The molecule has 3 heterocycles. The van der Waals surface area contributed by atoms with E-state index in [1.807, 2.05) is 54.6 Å². The Morgan fingerprint density at radius 2 is 1.84 bits per heavy atom. The van der Waals surface area contributed by atoms with Crippen LogP contribution in [0.5, 0.6) is 0 Å². The van der Waals surface area contributed by atoms with E-state index in [0.717, 1.165) is 27.6 Å². The van der Waals surface area contributed by atoms with Crippen molar-refractivity contribution in [3.63, 3.8) is 0 Å². The highest BCUT2D eigenvalue weighted by Crippen LogP contribution is 2.43. The van der Waals surface area contributed by atoms with Crippen LogP contribution in [0.3, 0.4) is 0 Å². The molecule has 1 aliphatic heterocycles. The first-order chi connectivity index (χ1) is 18.0. The van der Waals surface area contributed by atoms with Gasteiger partial charge in [-0.15, -0.1) is 0 Å². The zero-order valence-corrected chi connectivity index (χ0v) is 19.5. The molecule has 1 fully saturated rings. The number of carbonyl (C=O) groups is 1. The first kappa shape index (κ1) is 21.9. The molecule has 1 aliphatic carbocycles. The van der Waals surface area contributed by atoms with Crippen molar-refractivity contribution in [3.8, 4) is 11.1 Å². The lowest BCUT2D eigenvalue weighted by Crippen LogP contribution is -2.24. The number of nitrogens with two attached hydrogens (primary N) is 1. The molecule has 0 amide bonds. The van der Waals surface area contributed by atoms with Gasteiger partial charge in [-0.25, -0.2) is 15.0 Å². The number of rotatable bonds is 4. The Morgan fingerprint density at radius 1 is 1.03 bits per heavy atom. The molecule has 3 aromatic carbocycles. The van der Waals surface area contributed by atoms with Gasteiger partial charge < -0.3 is 26.0 Å². The average molecular weight is 495 g/mol. The smallest absolute Gasteiger partial charge is 0.211 e. The third kappa shape index (κ3) is 3.17. The maximum Gasteiger partial charge on any atom is 0.211 e. The molecule has 3 atom stereocenters. The Labute approximate surface area is 210 Å². The number of ether oxygens (including phenoxy) is 1. The normalized spacial score (nSPS) is 20.5. The summed E-state index contributed by atoms with van der Waals surface area (Å²) in [5, 5.41) is 25.1. The molecular weight excluding hydrogens is 472 g/mol. The van der Waals surface area contributed by atoms with Crippen LogP contribution in [-0.4, -0.2) is 54.3 Å². The van der Waals surface area contributed by atoms with Gasteiger partial charge in [-0.05, 0) is 17.2 Å². The van der Waals surface area contributed by atoms with Gasteiger partial charge in [-0.2, -0.15) is 0 Å². The van der Waals surface area contributed by atoms with Gasteiger partial charge in [0.1, 0.15) is 18.7 Å². The topological polar surface area (TPSA) is 148 Å². The largest absolute Gasteiger partial charge is 0.394 e. The van der Waals surface area contributed by atoms with Gasteiger partial charge >= 0.3 is 0 Å². The molecule has 5 aromatic rings. The molecule has 0 bridgehead atoms. The number of nitrogens with zero attached hydrogens (tertiary/aromatic N) is 4. The van der Waals surface area contributed by atoms with E-state index >= 15 is 0 Å². The van der Waals surface area contributed by atoms with E-state index in [1.54, 1.807) is 4.57 Å². The van der Waals surface area contributed by atoms with E-state index in [9.17, 15) is 15.0 Å². The predicted octanol–water partition coefficient (Wildman–Crippen LogP) is 3.16. The number of carbonyl (C=O) groups excluding carboxylic acids is 1. The highest BCUT2D eigenvalue weighted by Gasteiger charge is 2.37. The lowest BCUT2D eigenvalue weighted by Gasteiger charge is -2.22. The number of fused-ring (bicyclic) bond motifs is 3. The fourth-order valence-electron chi connectivity index (χ4n) is 5.44. The van der Waals surface area contributed by atoms with Gasteiger partial charge in [0, 0.05) is 34.0 Å².